The van der Waals surface area contributed by atoms with Crippen molar-refractivity contribution in [3.05, 3.63) is 21.9 Å². The number of carboxylic acids is 1. The van der Waals surface area contributed by atoms with Crippen LogP contribution in [0.2, 0.25) is 0 Å². The molecule has 0 aliphatic heterocycles. The van der Waals surface area contributed by atoms with Crippen molar-refractivity contribution in [1.29, 1.82) is 0 Å². The number of rotatable bonds is 6. The smallest absolute Gasteiger partial charge is 0.336 e. The van der Waals surface area contributed by atoms with E-state index in [9.17, 15) is 4.79 Å². The van der Waals surface area contributed by atoms with Crippen LogP contribution in [0.15, 0.2) is 11.4 Å². The maximum Gasteiger partial charge on any atom is 0.336 e. The number of carboxylic acid groups (broad SMARTS) is 1. The molecule has 0 aromatic carbocycles. The van der Waals surface area contributed by atoms with E-state index in [0.29, 0.717) is 18.5 Å². The molecule has 0 saturated heterocycles. The number of aromatic carboxylic acids is 1. The van der Waals surface area contributed by atoms with Crippen molar-refractivity contribution in [3.63, 3.8) is 0 Å². The Balaban J connectivity index is 2.40. The third-order valence-corrected chi connectivity index (χ3v) is 3.02. The van der Waals surface area contributed by atoms with E-state index in [1.54, 1.807) is 11.4 Å². The molecule has 0 aliphatic carbocycles. The monoisotopic (exact) mass is 229 g/mol. The van der Waals surface area contributed by atoms with Crippen LogP contribution in [0.1, 0.15) is 28.6 Å². The fourth-order valence-corrected chi connectivity index (χ4v) is 1.96. The molecule has 3 N–H and O–H groups in total. The molecular formula is C10H15NO3S. The molecule has 5 heteroatoms. The van der Waals surface area contributed by atoms with Crippen LogP contribution in [0.3, 0.4) is 0 Å². The minimum atomic E-state index is -0.888. The first kappa shape index (κ1) is 12.2. The second-order valence-electron chi connectivity index (χ2n) is 3.40. The molecule has 1 aromatic heterocycles. The van der Waals surface area contributed by atoms with Gasteiger partial charge >= 0.3 is 5.97 Å². The summed E-state index contributed by atoms with van der Waals surface area (Å²) >= 11 is 1.43. The van der Waals surface area contributed by atoms with E-state index in [4.69, 9.17) is 10.2 Å². The Labute approximate surface area is 92.6 Å². The van der Waals surface area contributed by atoms with E-state index in [-0.39, 0.29) is 12.6 Å². The van der Waals surface area contributed by atoms with E-state index < -0.39 is 5.97 Å². The van der Waals surface area contributed by atoms with Crippen molar-refractivity contribution in [2.45, 2.75) is 25.9 Å². The summed E-state index contributed by atoms with van der Waals surface area (Å²) in [6, 6.07) is 1.91. The van der Waals surface area contributed by atoms with Gasteiger partial charge in [0.25, 0.3) is 0 Å². The highest BCUT2D eigenvalue weighted by Gasteiger charge is 2.07. The number of carbonyl (C=O) groups is 1. The van der Waals surface area contributed by atoms with Gasteiger partial charge in [0, 0.05) is 29.5 Å². The van der Waals surface area contributed by atoms with Crippen LogP contribution in [0.5, 0.6) is 0 Å². The van der Waals surface area contributed by atoms with Gasteiger partial charge in [0.05, 0.1) is 5.56 Å². The van der Waals surface area contributed by atoms with E-state index in [0.717, 1.165) is 4.88 Å². The molecular weight excluding hydrogens is 214 g/mol. The average molecular weight is 229 g/mol. The third-order valence-electron chi connectivity index (χ3n) is 2.09. The predicted octanol–water partition coefficient (Wildman–Crippen LogP) is 1.31. The molecule has 0 aliphatic rings. The van der Waals surface area contributed by atoms with Gasteiger partial charge in [-0.05, 0) is 19.4 Å². The van der Waals surface area contributed by atoms with Gasteiger partial charge in [0.15, 0.2) is 0 Å². The van der Waals surface area contributed by atoms with Crippen molar-refractivity contribution in [3.8, 4) is 0 Å². The van der Waals surface area contributed by atoms with Crippen molar-refractivity contribution >= 4 is 17.3 Å². The lowest BCUT2D eigenvalue weighted by Crippen LogP contribution is -2.25. The summed E-state index contributed by atoms with van der Waals surface area (Å²) in [5.41, 5.74) is 0.339. The molecule has 15 heavy (non-hydrogen) atoms. The van der Waals surface area contributed by atoms with Crippen LogP contribution in [0, 0.1) is 0 Å². The molecule has 0 radical (unpaired) electrons. The van der Waals surface area contributed by atoms with Gasteiger partial charge in [-0.1, -0.05) is 0 Å². The third kappa shape index (κ3) is 3.99. The minimum absolute atomic E-state index is 0.166. The molecule has 1 unspecified atom stereocenters. The number of hydrogen-bond donors (Lipinski definition) is 3. The first-order chi connectivity index (χ1) is 7.13. The molecule has 0 amide bonds. The van der Waals surface area contributed by atoms with Crippen LogP contribution < -0.4 is 5.32 Å². The summed E-state index contributed by atoms with van der Waals surface area (Å²) in [5.74, 6) is -0.888. The standard InChI is InChI=1S/C10H15NO3S/c1-7(2-3-12)11-5-9-4-8(6-15-9)10(13)14/h4,6-7,11-12H,2-3,5H2,1H3,(H,13,14). The molecule has 84 valence electrons. The zero-order valence-electron chi connectivity index (χ0n) is 8.56. The highest BCUT2D eigenvalue weighted by molar-refractivity contribution is 7.10. The number of nitrogens with one attached hydrogen (secondary N) is 1. The number of hydrogen-bond acceptors (Lipinski definition) is 4. The highest BCUT2D eigenvalue weighted by atomic mass is 32.1. The number of aliphatic hydroxyl groups is 1. The van der Waals surface area contributed by atoms with E-state index in [1.165, 1.54) is 11.3 Å². The first-order valence-electron chi connectivity index (χ1n) is 4.78. The highest BCUT2D eigenvalue weighted by Crippen LogP contribution is 2.14. The van der Waals surface area contributed by atoms with Crippen LogP contribution >= 0.6 is 11.3 Å². The fourth-order valence-electron chi connectivity index (χ4n) is 1.16. The summed E-state index contributed by atoms with van der Waals surface area (Å²) < 4.78 is 0. The topological polar surface area (TPSA) is 69.6 Å². The second-order valence-corrected chi connectivity index (χ2v) is 4.40. The Hall–Kier alpha value is -0.910. The summed E-state index contributed by atoms with van der Waals surface area (Å²) in [6.45, 7) is 2.81. The van der Waals surface area contributed by atoms with E-state index >= 15 is 0 Å². The molecule has 0 fully saturated rings. The molecule has 1 heterocycles. The fraction of sp³-hybridized carbons (Fsp3) is 0.500. The van der Waals surface area contributed by atoms with Gasteiger partial charge < -0.3 is 15.5 Å². The Morgan fingerprint density at radius 3 is 2.93 bits per heavy atom. The predicted molar refractivity (Wildman–Crippen MR) is 59.3 cm³/mol. The van der Waals surface area contributed by atoms with Crippen molar-refractivity contribution in [2.75, 3.05) is 6.61 Å². The van der Waals surface area contributed by atoms with Crippen LogP contribution in [-0.2, 0) is 6.54 Å². The quantitative estimate of drug-likeness (QED) is 0.688. The van der Waals surface area contributed by atoms with Gasteiger partial charge in [-0.15, -0.1) is 11.3 Å². The Morgan fingerprint density at radius 2 is 2.40 bits per heavy atom. The Kier molecular flexibility index (Phi) is 4.74. The number of thiophene rings is 1. The molecule has 1 aromatic rings. The summed E-state index contributed by atoms with van der Waals surface area (Å²) in [5, 5.41) is 22.3. The normalized spacial score (nSPS) is 12.7. The first-order valence-corrected chi connectivity index (χ1v) is 5.66. The summed E-state index contributed by atoms with van der Waals surface area (Å²) in [4.78, 5) is 11.6. The zero-order chi connectivity index (χ0) is 11.3. The maximum absolute atomic E-state index is 10.6. The van der Waals surface area contributed by atoms with Crippen molar-refractivity contribution < 1.29 is 15.0 Å². The Bertz CT molecular complexity index is 324. The van der Waals surface area contributed by atoms with Crippen molar-refractivity contribution in [2.24, 2.45) is 0 Å². The number of aliphatic hydroxyl groups excluding tert-OH is 1. The molecule has 0 bridgehead atoms. The SMILES string of the molecule is CC(CCO)NCc1cc(C(=O)O)cs1. The molecule has 0 spiro atoms. The van der Waals surface area contributed by atoms with Gasteiger partial charge in [-0.25, -0.2) is 4.79 Å². The lowest BCUT2D eigenvalue weighted by molar-refractivity contribution is 0.0697. The average Bonchev–Trinajstić information content (AvgIpc) is 2.63. The van der Waals surface area contributed by atoms with Gasteiger partial charge in [-0.2, -0.15) is 0 Å². The van der Waals surface area contributed by atoms with Gasteiger partial charge in [0.1, 0.15) is 0 Å². The lowest BCUT2D eigenvalue weighted by atomic mass is 10.2. The summed E-state index contributed by atoms with van der Waals surface area (Å²) in [6.07, 6.45) is 0.706. The Morgan fingerprint density at radius 1 is 1.67 bits per heavy atom. The van der Waals surface area contributed by atoms with Gasteiger partial charge in [-0.3, -0.25) is 0 Å². The minimum Gasteiger partial charge on any atom is -0.478 e. The molecule has 1 rings (SSSR count). The van der Waals surface area contributed by atoms with Crippen molar-refractivity contribution in [1.82, 2.24) is 5.32 Å². The zero-order valence-corrected chi connectivity index (χ0v) is 9.38. The largest absolute Gasteiger partial charge is 0.478 e. The van der Waals surface area contributed by atoms with E-state index in [1.807, 2.05) is 6.92 Å². The van der Waals surface area contributed by atoms with Gasteiger partial charge in [0.2, 0.25) is 0 Å². The molecule has 1 atom stereocenters. The maximum atomic E-state index is 10.6. The molecule has 4 nitrogen and oxygen atoms in total. The van der Waals surface area contributed by atoms with Crippen LogP contribution in [-0.4, -0.2) is 28.8 Å². The summed E-state index contributed by atoms with van der Waals surface area (Å²) in [7, 11) is 0. The molecule has 0 saturated carbocycles. The second kappa shape index (κ2) is 5.85. The lowest BCUT2D eigenvalue weighted by Gasteiger charge is -2.10. The van der Waals surface area contributed by atoms with Crippen LogP contribution in [0.4, 0.5) is 0 Å². The van der Waals surface area contributed by atoms with Crippen LogP contribution in [0.25, 0.3) is 0 Å². The van der Waals surface area contributed by atoms with E-state index in [2.05, 4.69) is 5.32 Å².